The molecule has 5 rings (SSSR count). The van der Waals surface area contributed by atoms with Crippen LogP contribution in [0.2, 0.25) is 0 Å². The van der Waals surface area contributed by atoms with Crippen molar-refractivity contribution < 1.29 is 14.6 Å². The van der Waals surface area contributed by atoms with E-state index >= 15 is 0 Å². The zero-order valence-corrected chi connectivity index (χ0v) is 13.1. The Bertz CT molecular complexity index is 511. The molecule has 22 heavy (non-hydrogen) atoms. The predicted molar refractivity (Wildman–Crippen MR) is 84.1 cm³/mol. The molecule has 0 radical (unpaired) electrons. The molecule has 2 aliphatic heterocycles. The first-order valence-electron chi connectivity index (χ1n) is 9.19. The Kier molecular flexibility index (Phi) is 3.16. The second-order valence-electron chi connectivity index (χ2n) is 8.05. The summed E-state index contributed by atoms with van der Waals surface area (Å²) in [5, 5.41) is 11.1. The number of aliphatic hydroxyl groups excluding tert-OH is 1. The Morgan fingerprint density at radius 2 is 2.05 bits per heavy atom. The molecule has 1 saturated heterocycles. The highest BCUT2D eigenvalue weighted by atomic mass is 16.5. The molecule has 0 aromatic rings. The highest BCUT2D eigenvalue weighted by Gasteiger charge is 2.58. The summed E-state index contributed by atoms with van der Waals surface area (Å²) >= 11 is 0. The van der Waals surface area contributed by atoms with Gasteiger partial charge < -0.3 is 14.6 Å². The standard InChI is InChI=1S/C19H26O3/c20-19-15-10-17-11(3-1-7-22-17)9-14(15)12-5-6-16-13(18(12)19)4-2-8-21-16/h2,4,8,11-12,14-20H,1,3,5-7,9-10H2/p+1. The number of hydrogen-bond donors (Lipinski definition) is 1. The first kappa shape index (κ1) is 13.6. The van der Waals surface area contributed by atoms with Gasteiger partial charge in [-0.15, -0.1) is 0 Å². The van der Waals surface area contributed by atoms with Crippen LogP contribution in [0.3, 0.4) is 0 Å². The Morgan fingerprint density at radius 3 is 3.00 bits per heavy atom. The molecule has 3 heteroatoms. The largest absolute Gasteiger partial charge is 0.494 e. The molecule has 0 bridgehead atoms. The molecule has 8 atom stereocenters. The van der Waals surface area contributed by atoms with E-state index in [9.17, 15) is 5.11 Å². The minimum absolute atomic E-state index is 0.169. The lowest BCUT2D eigenvalue weighted by Crippen LogP contribution is -2.43. The fourth-order valence-corrected chi connectivity index (χ4v) is 6.36. The van der Waals surface area contributed by atoms with Crippen LogP contribution in [0, 0.1) is 29.6 Å². The van der Waals surface area contributed by atoms with Gasteiger partial charge in [-0.2, -0.15) is 0 Å². The van der Waals surface area contributed by atoms with Gasteiger partial charge in [-0.25, -0.2) is 0 Å². The number of rotatable bonds is 0. The van der Waals surface area contributed by atoms with Gasteiger partial charge in [0, 0.05) is 24.7 Å². The number of aliphatic hydroxyl groups is 3. The first-order valence-corrected chi connectivity index (χ1v) is 9.19. The van der Waals surface area contributed by atoms with Crippen molar-refractivity contribution >= 4 is 0 Å². The third-order valence-corrected chi connectivity index (χ3v) is 7.23. The fraction of sp³-hybridized carbons (Fsp3) is 0.789. The molecular formula is C19H27O3+. The number of ether oxygens (including phenoxy) is 2. The minimum Gasteiger partial charge on any atom is -0.494 e. The van der Waals surface area contributed by atoms with E-state index in [2.05, 4.69) is 6.08 Å². The summed E-state index contributed by atoms with van der Waals surface area (Å²) in [6, 6.07) is 0. The molecule has 2 N–H and O–H groups in total. The topological polar surface area (TPSA) is 42.3 Å². The smallest absolute Gasteiger partial charge is 0.158 e. The molecule has 0 spiro atoms. The summed E-state index contributed by atoms with van der Waals surface area (Å²) in [7, 11) is 0. The van der Waals surface area contributed by atoms with Crippen LogP contribution in [0.1, 0.15) is 38.5 Å². The Hall–Kier alpha value is -0.800. The lowest BCUT2D eigenvalue weighted by atomic mass is 9.67. The molecular weight excluding hydrogens is 276 g/mol. The Morgan fingerprint density at radius 1 is 1.09 bits per heavy atom. The number of allylic oxidation sites excluding steroid dienone is 2. The van der Waals surface area contributed by atoms with Crippen LogP contribution in [-0.2, 0) is 4.74 Å². The van der Waals surface area contributed by atoms with E-state index in [0.29, 0.717) is 23.9 Å². The van der Waals surface area contributed by atoms with Gasteiger partial charge in [0.15, 0.2) is 6.10 Å². The lowest BCUT2D eigenvalue weighted by molar-refractivity contribution is -0.189. The molecule has 0 aromatic carbocycles. The first-order chi connectivity index (χ1) is 10.8. The summed E-state index contributed by atoms with van der Waals surface area (Å²) in [6.07, 6.45) is 14.1. The van der Waals surface area contributed by atoms with E-state index < -0.39 is 0 Å². The number of hydrogen-bond acceptors (Lipinski definition) is 2. The minimum atomic E-state index is -0.169. The van der Waals surface area contributed by atoms with Crippen molar-refractivity contribution in [2.75, 3.05) is 6.61 Å². The summed E-state index contributed by atoms with van der Waals surface area (Å²) in [5.74, 6) is 3.03. The van der Waals surface area contributed by atoms with Gasteiger partial charge >= 0.3 is 0 Å². The molecule has 0 amide bonds. The third-order valence-electron chi connectivity index (χ3n) is 7.23. The SMILES string of the molecule is OC1C2CC3[OH+]CCCC3CC2C2CCC3OC=CC=C3C12. The van der Waals surface area contributed by atoms with E-state index in [1.54, 1.807) is 0 Å². The maximum Gasteiger partial charge on any atom is 0.158 e. The average Bonchev–Trinajstić information content (AvgIpc) is 2.85. The van der Waals surface area contributed by atoms with E-state index in [1.165, 1.54) is 31.3 Å². The molecule has 120 valence electrons. The van der Waals surface area contributed by atoms with Crippen LogP contribution in [0.25, 0.3) is 0 Å². The monoisotopic (exact) mass is 303 g/mol. The van der Waals surface area contributed by atoms with Gasteiger partial charge in [0.25, 0.3) is 0 Å². The van der Waals surface area contributed by atoms with Crippen LogP contribution < -0.4 is 0 Å². The summed E-state index contributed by atoms with van der Waals surface area (Å²) in [5.41, 5.74) is 1.38. The number of fused-ring (bicyclic) bond motifs is 6. The Labute approximate surface area is 132 Å². The van der Waals surface area contributed by atoms with Gasteiger partial charge in [-0.1, -0.05) is 6.08 Å². The van der Waals surface area contributed by atoms with Crippen molar-refractivity contribution in [2.45, 2.75) is 56.8 Å². The molecule has 8 unspecified atom stereocenters. The van der Waals surface area contributed by atoms with E-state index in [1.807, 2.05) is 12.3 Å². The van der Waals surface area contributed by atoms with Gasteiger partial charge in [-0.3, -0.25) is 0 Å². The van der Waals surface area contributed by atoms with Crippen molar-refractivity contribution in [1.82, 2.24) is 0 Å². The molecule has 2 heterocycles. The zero-order valence-electron chi connectivity index (χ0n) is 13.1. The van der Waals surface area contributed by atoms with Gasteiger partial charge in [0.2, 0.25) is 0 Å². The molecule has 3 nitrogen and oxygen atoms in total. The van der Waals surface area contributed by atoms with Crippen LogP contribution in [0.5, 0.6) is 0 Å². The van der Waals surface area contributed by atoms with Crippen LogP contribution in [0.4, 0.5) is 0 Å². The maximum absolute atomic E-state index is 11.1. The molecule has 0 aromatic heterocycles. The van der Waals surface area contributed by atoms with Crippen molar-refractivity contribution in [3.05, 3.63) is 24.0 Å². The van der Waals surface area contributed by atoms with Crippen molar-refractivity contribution in [3.8, 4) is 0 Å². The maximum atomic E-state index is 11.1. The highest BCUT2D eigenvalue weighted by Crippen LogP contribution is 2.58. The van der Waals surface area contributed by atoms with Crippen molar-refractivity contribution in [1.29, 1.82) is 0 Å². The van der Waals surface area contributed by atoms with Crippen LogP contribution in [-0.4, -0.2) is 34.8 Å². The van der Waals surface area contributed by atoms with Crippen LogP contribution in [0.15, 0.2) is 24.0 Å². The second kappa shape index (κ2) is 5.10. The molecule has 3 aliphatic carbocycles. The lowest BCUT2D eigenvalue weighted by Gasteiger charge is -2.41. The fourth-order valence-electron chi connectivity index (χ4n) is 6.36. The summed E-state index contributed by atoms with van der Waals surface area (Å²) in [4.78, 5) is 0. The second-order valence-corrected chi connectivity index (χ2v) is 8.05. The Balaban J connectivity index is 1.46. The van der Waals surface area contributed by atoms with E-state index in [-0.39, 0.29) is 12.2 Å². The van der Waals surface area contributed by atoms with Crippen molar-refractivity contribution in [3.63, 3.8) is 0 Å². The molecule has 5 aliphatic rings. The average molecular weight is 303 g/mol. The van der Waals surface area contributed by atoms with Crippen molar-refractivity contribution in [2.24, 2.45) is 29.6 Å². The summed E-state index contributed by atoms with van der Waals surface area (Å²) < 4.78 is 10.7. The zero-order chi connectivity index (χ0) is 14.7. The van der Waals surface area contributed by atoms with Crippen LogP contribution >= 0.6 is 0 Å². The predicted octanol–water partition coefficient (Wildman–Crippen LogP) is 2.56. The van der Waals surface area contributed by atoms with Gasteiger partial charge in [-0.05, 0) is 55.1 Å². The quantitative estimate of drug-likeness (QED) is 0.699. The summed E-state index contributed by atoms with van der Waals surface area (Å²) in [6.45, 7) is 1.05. The molecule has 3 saturated carbocycles. The van der Waals surface area contributed by atoms with E-state index in [4.69, 9.17) is 9.47 Å². The van der Waals surface area contributed by atoms with E-state index in [0.717, 1.165) is 31.3 Å². The van der Waals surface area contributed by atoms with Gasteiger partial charge in [0.05, 0.1) is 12.4 Å². The third kappa shape index (κ3) is 1.88. The molecule has 4 fully saturated rings. The normalized spacial score (nSPS) is 52.7. The van der Waals surface area contributed by atoms with Gasteiger partial charge in [0.1, 0.15) is 12.7 Å². The highest BCUT2D eigenvalue weighted by molar-refractivity contribution is 5.28.